The van der Waals surface area contributed by atoms with Crippen molar-refractivity contribution in [2.45, 2.75) is 26.8 Å². The topological polar surface area (TPSA) is 58.4 Å². The third kappa shape index (κ3) is 4.37. The average molecular weight is 249 g/mol. The summed E-state index contributed by atoms with van der Waals surface area (Å²) in [7, 11) is 0. The monoisotopic (exact) mass is 249 g/mol. The first-order chi connectivity index (χ1) is 8.71. The molecular formula is C14H23N3O. The molecule has 0 radical (unpaired) electrons. The Morgan fingerprint density at radius 2 is 1.72 bits per heavy atom. The molecule has 100 valence electrons. The van der Waals surface area contributed by atoms with E-state index in [9.17, 15) is 4.79 Å². The zero-order valence-electron chi connectivity index (χ0n) is 11.3. The summed E-state index contributed by atoms with van der Waals surface area (Å²) in [4.78, 5) is 13.5. The highest BCUT2D eigenvalue weighted by Crippen LogP contribution is 2.04. The van der Waals surface area contributed by atoms with Crippen molar-refractivity contribution in [3.8, 4) is 0 Å². The molecule has 0 saturated heterocycles. The van der Waals surface area contributed by atoms with Crippen LogP contribution in [0.25, 0.3) is 0 Å². The van der Waals surface area contributed by atoms with Gasteiger partial charge in [0.25, 0.3) is 0 Å². The summed E-state index contributed by atoms with van der Waals surface area (Å²) < 4.78 is 0. The zero-order chi connectivity index (χ0) is 13.4. The molecule has 0 spiro atoms. The largest absolute Gasteiger partial charge is 0.334 e. The van der Waals surface area contributed by atoms with Gasteiger partial charge in [-0.05, 0) is 37.9 Å². The van der Waals surface area contributed by atoms with Crippen molar-refractivity contribution in [1.29, 1.82) is 0 Å². The molecule has 0 aliphatic heterocycles. The number of amides is 2. The number of carbonyl (C=O) groups is 1. The smallest absolute Gasteiger partial charge is 0.317 e. The van der Waals surface area contributed by atoms with Crippen LogP contribution in [0.3, 0.4) is 0 Å². The van der Waals surface area contributed by atoms with Gasteiger partial charge in [0, 0.05) is 19.6 Å². The van der Waals surface area contributed by atoms with Crippen molar-refractivity contribution in [1.82, 2.24) is 10.2 Å². The predicted molar refractivity (Wildman–Crippen MR) is 74.4 cm³/mol. The van der Waals surface area contributed by atoms with Crippen molar-refractivity contribution in [2.75, 3.05) is 19.6 Å². The van der Waals surface area contributed by atoms with E-state index in [-0.39, 0.29) is 6.03 Å². The lowest BCUT2D eigenvalue weighted by atomic mass is 10.1. The maximum Gasteiger partial charge on any atom is 0.317 e. The quantitative estimate of drug-likeness (QED) is 0.807. The molecule has 4 heteroatoms. The van der Waals surface area contributed by atoms with Crippen LogP contribution in [0.1, 0.15) is 25.0 Å². The summed E-state index contributed by atoms with van der Waals surface area (Å²) in [5.41, 5.74) is 7.84. The van der Waals surface area contributed by atoms with E-state index in [1.54, 1.807) is 4.90 Å². The van der Waals surface area contributed by atoms with Crippen molar-refractivity contribution in [3.05, 3.63) is 35.4 Å². The van der Waals surface area contributed by atoms with E-state index in [2.05, 4.69) is 17.4 Å². The van der Waals surface area contributed by atoms with Crippen LogP contribution in [0.4, 0.5) is 4.79 Å². The van der Waals surface area contributed by atoms with Gasteiger partial charge in [-0.3, -0.25) is 0 Å². The molecule has 0 aliphatic carbocycles. The van der Waals surface area contributed by atoms with Gasteiger partial charge in [0.05, 0.1) is 0 Å². The Hall–Kier alpha value is -1.55. The highest BCUT2D eigenvalue weighted by molar-refractivity contribution is 5.74. The second kappa shape index (κ2) is 7.71. The first-order valence-electron chi connectivity index (χ1n) is 6.51. The van der Waals surface area contributed by atoms with Crippen LogP contribution in [-0.2, 0) is 13.0 Å². The lowest BCUT2D eigenvalue weighted by molar-refractivity contribution is 0.203. The van der Waals surface area contributed by atoms with E-state index in [0.29, 0.717) is 13.1 Å². The molecule has 0 aliphatic rings. The normalized spacial score (nSPS) is 10.2. The fourth-order valence-corrected chi connectivity index (χ4v) is 1.79. The van der Waals surface area contributed by atoms with Gasteiger partial charge in [0.15, 0.2) is 0 Å². The van der Waals surface area contributed by atoms with Gasteiger partial charge in [-0.25, -0.2) is 4.79 Å². The standard InChI is InChI=1S/C14H23N3O/c1-3-17(4-2)14(18)16-11-13-7-5-12(6-8-13)9-10-15/h5-8H,3-4,9-11,15H2,1-2H3,(H,16,18). The molecule has 0 aromatic heterocycles. The Labute approximate surface area is 109 Å². The molecule has 1 aromatic carbocycles. The predicted octanol–water partition coefficient (Wildman–Crippen LogP) is 1.74. The van der Waals surface area contributed by atoms with Crippen LogP contribution < -0.4 is 11.1 Å². The molecule has 2 amide bonds. The number of hydrogen-bond acceptors (Lipinski definition) is 2. The molecule has 0 bridgehead atoms. The molecular weight excluding hydrogens is 226 g/mol. The molecule has 18 heavy (non-hydrogen) atoms. The molecule has 3 N–H and O–H groups in total. The Morgan fingerprint density at radius 3 is 2.22 bits per heavy atom. The van der Waals surface area contributed by atoms with Crippen molar-refractivity contribution in [3.63, 3.8) is 0 Å². The van der Waals surface area contributed by atoms with E-state index < -0.39 is 0 Å². The highest BCUT2D eigenvalue weighted by atomic mass is 16.2. The van der Waals surface area contributed by atoms with E-state index in [0.717, 1.165) is 25.1 Å². The lowest BCUT2D eigenvalue weighted by Gasteiger charge is -2.19. The molecule has 0 heterocycles. The van der Waals surface area contributed by atoms with Crippen molar-refractivity contribution >= 4 is 6.03 Å². The summed E-state index contributed by atoms with van der Waals surface area (Å²) in [6.07, 6.45) is 0.895. The Balaban J connectivity index is 2.45. The minimum Gasteiger partial charge on any atom is -0.334 e. The fraction of sp³-hybridized carbons (Fsp3) is 0.500. The van der Waals surface area contributed by atoms with Gasteiger partial charge in [-0.15, -0.1) is 0 Å². The molecule has 1 rings (SSSR count). The Morgan fingerprint density at radius 1 is 1.17 bits per heavy atom. The van der Waals surface area contributed by atoms with Crippen LogP contribution in [0.2, 0.25) is 0 Å². The minimum atomic E-state index is -0.00830. The van der Waals surface area contributed by atoms with Gasteiger partial charge in [-0.2, -0.15) is 0 Å². The molecule has 0 unspecified atom stereocenters. The molecule has 0 saturated carbocycles. The molecule has 4 nitrogen and oxygen atoms in total. The van der Waals surface area contributed by atoms with E-state index in [1.165, 1.54) is 5.56 Å². The number of rotatable bonds is 6. The summed E-state index contributed by atoms with van der Waals surface area (Å²) in [6, 6.07) is 8.18. The first kappa shape index (κ1) is 14.5. The first-order valence-corrected chi connectivity index (χ1v) is 6.51. The maximum absolute atomic E-state index is 11.7. The second-order valence-electron chi connectivity index (χ2n) is 4.19. The van der Waals surface area contributed by atoms with Crippen LogP contribution in [0, 0.1) is 0 Å². The van der Waals surface area contributed by atoms with E-state index >= 15 is 0 Å². The van der Waals surface area contributed by atoms with Gasteiger partial charge >= 0.3 is 6.03 Å². The van der Waals surface area contributed by atoms with Gasteiger partial charge in [0.1, 0.15) is 0 Å². The lowest BCUT2D eigenvalue weighted by Crippen LogP contribution is -2.39. The average Bonchev–Trinajstić information content (AvgIpc) is 2.40. The van der Waals surface area contributed by atoms with E-state index in [4.69, 9.17) is 5.73 Å². The van der Waals surface area contributed by atoms with Crippen LogP contribution in [0.5, 0.6) is 0 Å². The number of carbonyl (C=O) groups excluding carboxylic acids is 1. The number of urea groups is 1. The number of nitrogens with zero attached hydrogens (tertiary/aromatic N) is 1. The van der Waals surface area contributed by atoms with Crippen molar-refractivity contribution in [2.24, 2.45) is 5.73 Å². The van der Waals surface area contributed by atoms with Gasteiger partial charge in [-0.1, -0.05) is 24.3 Å². The molecule has 1 aromatic rings. The third-order valence-corrected chi connectivity index (χ3v) is 2.95. The van der Waals surface area contributed by atoms with Crippen molar-refractivity contribution < 1.29 is 4.79 Å². The van der Waals surface area contributed by atoms with Crippen LogP contribution in [-0.4, -0.2) is 30.6 Å². The van der Waals surface area contributed by atoms with E-state index in [1.807, 2.05) is 26.0 Å². The molecule has 0 fully saturated rings. The molecule has 0 atom stereocenters. The summed E-state index contributed by atoms with van der Waals surface area (Å²) >= 11 is 0. The van der Waals surface area contributed by atoms with Crippen LogP contribution in [0.15, 0.2) is 24.3 Å². The zero-order valence-corrected chi connectivity index (χ0v) is 11.3. The number of hydrogen-bond donors (Lipinski definition) is 2. The number of nitrogens with two attached hydrogens (primary N) is 1. The van der Waals surface area contributed by atoms with Gasteiger partial charge < -0.3 is 16.0 Å². The third-order valence-electron chi connectivity index (χ3n) is 2.95. The second-order valence-corrected chi connectivity index (χ2v) is 4.19. The number of nitrogens with one attached hydrogen (secondary N) is 1. The highest BCUT2D eigenvalue weighted by Gasteiger charge is 2.07. The van der Waals surface area contributed by atoms with Gasteiger partial charge in [0.2, 0.25) is 0 Å². The maximum atomic E-state index is 11.7. The Bertz CT molecular complexity index is 358. The SMILES string of the molecule is CCN(CC)C(=O)NCc1ccc(CCN)cc1. The fourth-order valence-electron chi connectivity index (χ4n) is 1.79. The summed E-state index contributed by atoms with van der Waals surface area (Å²) in [6.45, 7) is 6.65. The number of benzene rings is 1. The summed E-state index contributed by atoms with van der Waals surface area (Å²) in [5.74, 6) is 0. The summed E-state index contributed by atoms with van der Waals surface area (Å²) in [5, 5.41) is 2.91. The minimum absolute atomic E-state index is 0.00830. The van der Waals surface area contributed by atoms with Crippen LogP contribution >= 0.6 is 0 Å². The Kier molecular flexibility index (Phi) is 6.22.